The van der Waals surface area contributed by atoms with Crippen LogP contribution in [-0.2, 0) is 11.3 Å². The topological polar surface area (TPSA) is 52.7 Å². The van der Waals surface area contributed by atoms with Gasteiger partial charge in [0.1, 0.15) is 0 Å². The van der Waals surface area contributed by atoms with Gasteiger partial charge in [-0.15, -0.1) is 11.3 Å². The molecule has 0 spiro atoms. The van der Waals surface area contributed by atoms with Crippen LogP contribution in [0.15, 0.2) is 36.4 Å². The second kappa shape index (κ2) is 8.47. The van der Waals surface area contributed by atoms with Crippen molar-refractivity contribution in [2.45, 2.75) is 20.4 Å². The van der Waals surface area contributed by atoms with Crippen LogP contribution in [0.3, 0.4) is 0 Å². The fourth-order valence-electron chi connectivity index (χ4n) is 3.08. The Balaban J connectivity index is 1.43. The zero-order valence-electron chi connectivity index (χ0n) is 15.3. The van der Waals surface area contributed by atoms with Crippen molar-refractivity contribution in [1.82, 2.24) is 15.1 Å². The van der Waals surface area contributed by atoms with Crippen molar-refractivity contribution in [3.8, 4) is 0 Å². The molecule has 0 aliphatic carbocycles. The molecule has 0 radical (unpaired) electrons. The first kappa shape index (κ1) is 18.6. The lowest BCUT2D eigenvalue weighted by Crippen LogP contribution is -2.51. The van der Waals surface area contributed by atoms with E-state index in [1.807, 2.05) is 55.1 Å². The molecule has 0 saturated carbocycles. The van der Waals surface area contributed by atoms with E-state index in [-0.39, 0.29) is 11.8 Å². The van der Waals surface area contributed by atoms with Gasteiger partial charge in [-0.05, 0) is 37.1 Å². The number of hydrogen-bond acceptors (Lipinski definition) is 4. The first-order valence-electron chi connectivity index (χ1n) is 8.92. The highest BCUT2D eigenvalue weighted by molar-refractivity contribution is 7.13. The molecule has 2 amide bonds. The molecule has 1 saturated heterocycles. The van der Waals surface area contributed by atoms with Gasteiger partial charge in [-0.3, -0.25) is 14.5 Å². The van der Waals surface area contributed by atoms with Crippen LogP contribution < -0.4 is 5.32 Å². The molecule has 1 N–H and O–H groups in total. The number of carbonyl (C=O) groups excluding carboxylic acids is 2. The standard InChI is InChI=1S/C20H25N3O2S/c1-15-5-3-4-6-17(15)13-21-19(24)14-22-9-11-23(12-10-22)20(25)18-8-7-16(2)26-18/h3-8H,9-14H2,1-2H3,(H,21,24). The Kier molecular flexibility index (Phi) is 6.06. The minimum absolute atomic E-state index is 0.0295. The van der Waals surface area contributed by atoms with Crippen molar-refractivity contribution in [3.05, 3.63) is 57.3 Å². The maximum absolute atomic E-state index is 12.5. The highest BCUT2D eigenvalue weighted by Gasteiger charge is 2.24. The van der Waals surface area contributed by atoms with Gasteiger partial charge in [0.15, 0.2) is 0 Å². The van der Waals surface area contributed by atoms with E-state index in [9.17, 15) is 9.59 Å². The number of hydrogen-bond donors (Lipinski definition) is 1. The van der Waals surface area contributed by atoms with Crippen molar-refractivity contribution in [2.75, 3.05) is 32.7 Å². The van der Waals surface area contributed by atoms with Gasteiger partial charge in [-0.2, -0.15) is 0 Å². The Morgan fingerprint density at radius 2 is 1.77 bits per heavy atom. The summed E-state index contributed by atoms with van der Waals surface area (Å²) >= 11 is 1.54. The predicted octanol–water partition coefficient (Wildman–Crippen LogP) is 2.44. The molecule has 1 fully saturated rings. The first-order chi connectivity index (χ1) is 12.5. The third kappa shape index (κ3) is 4.71. The molecule has 1 aliphatic rings. The fourth-order valence-corrected chi connectivity index (χ4v) is 3.91. The van der Waals surface area contributed by atoms with Gasteiger partial charge < -0.3 is 10.2 Å². The second-order valence-corrected chi connectivity index (χ2v) is 7.97. The summed E-state index contributed by atoms with van der Waals surface area (Å²) in [4.78, 5) is 30.6. The summed E-state index contributed by atoms with van der Waals surface area (Å²) in [6.45, 7) is 7.79. The molecule has 1 aromatic heterocycles. The summed E-state index contributed by atoms with van der Waals surface area (Å²) in [5, 5.41) is 2.99. The average Bonchev–Trinajstić information content (AvgIpc) is 3.07. The third-order valence-electron chi connectivity index (χ3n) is 4.72. The molecule has 138 valence electrons. The van der Waals surface area contributed by atoms with Crippen molar-refractivity contribution in [2.24, 2.45) is 0 Å². The van der Waals surface area contributed by atoms with Crippen LogP contribution in [0.5, 0.6) is 0 Å². The molecule has 2 heterocycles. The van der Waals surface area contributed by atoms with Gasteiger partial charge >= 0.3 is 0 Å². The summed E-state index contributed by atoms with van der Waals surface area (Å²) < 4.78 is 0. The number of rotatable bonds is 5. The summed E-state index contributed by atoms with van der Waals surface area (Å²) in [6.07, 6.45) is 0. The predicted molar refractivity (Wildman–Crippen MR) is 104 cm³/mol. The van der Waals surface area contributed by atoms with Crippen LogP contribution in [-0.4, -0.2) is 54.3 Å². The van der Waals surface area contributed by atoms with E-state index in [4.69, 9.17) is 0 Å². The van der Waals surface area contributed by atoms with E-state index < -0.39 is 0 Å². The van der Waals surface area contributed by atoms with E-state index in [2.05, 4.69) is 10.2 Å². The number of amides is 2. The normalized spacial score (nSPS) is 15.1. The Bertz CT molecular complexity index is 779. The smallest absolute Gasteiger partial charge is 0.264 e. The molecular formula is C20H25N3O2S. The van der Waals surface area contributed by atoms with Gasteiger partial charge in [-0.25, -0.2) is 0 Å². The van der Waals surface area contributed by atoms with Gasteiger partial charge in [0, 0.05) is 37.6 Å². The van der Waals surface area contributed by atoms with Crippen LogP contribution in [0.4, 0.5) is 0 Å². The first-order valence-corrected chi connectivity index (χ1v) is 9.74. The van der Waals surface area contributed by atoms with E-state index in [1.165, 1.54) is 16.9 Å². The lowest BCUT2D eigenvalue weighted by atomic mass is 10.1. The molecule has 0 atom stereocenters. The number of carbonyl (C=O) groups is 2. The lowest BCUT2D eigenvalue weighted by Gasteiger charge is -2.34. The minimum atomic E-state index is 0.0295. The molecule has 0 bridgehead atoms. The van der Waals surface area contributed by atoms with E-state index in [1.54, 1.807) is 0 Å². The molecule has 5 nitrogen and oxygen atoms in total. The maximum Gasteiger partial charge on any atom is 0.264 e. The van der Waals surface area contributed by atoms with E-state index >= 15 is 0 Å². The molecule has 1 aliphatic heterocycles. The van der Waals surface area contributed by atoms with Gasteiger partial charge in [-0.1, -0.05) is 24.3 Å². The number of aryl methyl sites for hydroxylation is 2. The Labute approximate surface area is 158 Å². The highest BCUT2D eigenvalue weighted by Crippen LogP contribution is 2.18. The van der Waals surface area contributed by atoms with Gasteiger partial charge in [0.05, 0.1) is 11.4 Å². The van der Waals surface area contributed by atoms with Crippen molar-refractivity contribution in [1.29, 1.82) is 0 Å². The Morgan fingerprint density at radius 1 is 1.04 bits per heavy atom. The zero-order chi connectivity index (χ0) is 18.5. The lowest BCUT2D eigenvalue weighted by molar-refractivity contribution is -0.122. The Morgan fingerprint density at radius 3 is 2.42 bits per heavy atom. The number of piperazine rings is 1. The number of benzene rings is 1. The third-order valence-corrected chi connectivity index (χ3v) is 5.70. The second-order valence-electron chi connectivity index (χ2n) is 6.68. The molecule has 2 aromatic rings. The van der Waals surface area contributed by atoms with Crippen LogP contribution in [0.2, 0.25) is 0 Å². The molecular weight excluding hydrogens is 346 g/mol. The van der Waals surface area contributed by atoms with E-state index in [0.717, 1.165) is 28.4 Å². The van der Waals surface area contributed by atoms with Crippen molar-refractivity contribution in [3.63, 3.8) is 0 Å². The highest BCUT2D eigenvalue weighted by atomic mass is 32.1. The molecule has 1 aromatic carbocycles. The fraction of sp³-hybridized carbons (Fsp3) is 0.400. The van der Waals surface area contributed by atoms with Crippen LogP contribution in [0.25, 0.3) is 0 Å². The maximum atomic E-state index is 12.5. The van der Waals surface area contributed by atoms with Crippen molar-refractivity contribution >= 4 is 23.2 Å². The minimum Gasteiger partial charge on any atom is -0.351 e. The SMILES string of the molecule is Cc1ccc(C(=O)N2CCN(CC(=O)NCc3ccccc3C)CC2)s1. The molecule has 3 rings (SSSR count). The van der Waals surface area contributed by atoms with Gasteiger partial charge in [0.25, 0.3) is 5.91 Å². The Hall–Kier alpha value is -2.18. The molecule has 0 unspecified atom stereocenters. The quantitative estimate of drug-likeness (QED) is 0.878. The van der Waals surface area contributed by atoms with Crippen LogP contribution in [0.1, 0.15) is 25.7 Å². The summed E-state index contributed by atoms with van der Waals surface area (Å²) in [5.41, 5.74) is 2.33. The number of nitrogens with one attached hydrogen (secondary N) is 1. The summed E-state index contributed by atoms with van der Waals surface area (Å²) in [7, 11) is 0. The average molecular weight is 372 g/mol. The monoisotopic (exact) mass is 371 g/mol. The largest absolute Gasteiger partial charge is 0.351 e. The van der Waals surface area contributed by atoms with Crippen molar-refractivity contribution < 1.29 is 9.59 Å². The zero-order valence-corrected chi connectivity index (χ0v) is 16.1. The number of thiophene rings is 1. The van der Waals surface area contributed by atoms with Crippen LogP contribution >= 0.6 is 11.3 Å². The molecule has 6 heteroatoms. The summed E-state index contributed by atoms with van der Waals surface area (Å²) in [6, 6.07) is 11.9. The summed E-state index contributed by atoms with van der Waals surface area (Å²) in [5.74, 6) is 0.133. The van der Waals surface area contributed by atoms with E-state index in [0.29, 0.717) is 26.2 Å². The van der Waals surface area contributed by atoms with Crippen LogP contribution in [0, 0.1) is 13.8 Å². The molecule has 26 heavy (non-hydrogen) atoms. The number of nitrogens with zero attached hydrogens (tertiary/aromatic N) is 2. The van der Waals surface area contributed by atoms with Gasteiger partial charge in [0.2, 0.25) is 5.91 Å².